The maximum absolute atomic E-state index is 11.9. The molecule has 8 heteroatoms. The van der Waals surface area contributed by atoms with Crippen LogP contribution in [0.25, 0.3) is 0 Å². The summed E-state index contributed by atoms with van der Waals surface area (Å²) >= 11 is -1.29. The molecule has 1 saturated heterocycles. The van der Waals surface area contributed by atoms with Crippen LogP contribution in [0.5, 0.6) is 5.88 Å². The highest BCUT2D eigenvalue weighted by Crippen LogP contribution is 2.15. The van der Waals surface area contributed by atoms with Gasteiger partial charge >= 0.3 is 0 Å². The highest BCUT2D eigenvalue weighted by molar-refractivity contribution is 7.91. The molecule has 0 aromatic carbocycles. The number of hydrogen-bond donors (Lipinski definition) is 1. The first-order valence-corrected chi connectivity index (χ1v) is 11.8. The van der Waals surface area contributed by atoms with Crippen LogP contribution in [-0.2, 0) is 28.3 Å². The molecule has 7 nitrogen and oxygen atoms in total. The van der Waals surface area contributed by atoms with E-state index in [4.69, 9.17) is 9.15 Å². The van der Waals surface area contributed by atoms with E-state index in [-0.39, 0.29) is 17.4 Å². The van der Waals surface area contributed by atoms with Gasteiger partial charge in [0.2, 0.25) is 5.88 Å². The quantitative estimate of drug-likeness (QED) is 0.434. The smallest absolute Gasteiger partial charge is 0.273 e. The van der Waals surface area contributed by atoms with Gasteiger partial charge in [-0.2, -0.15) is 0 Å². The molecule has 0 spiro atoms. The Balaban J connectivity index is 1.30. The van der Waals surface area contributed by atoms with Crippen LogP contribution in [0.3, 0.4) is 0 Å². The fraction of sp³-hybridized carbons (Fsp3) is 0.455. The van der Waals surface area contributed by atoms with Crippen molar-refractivity contribution in [2.75, 3.05) is 25.4 Å². The lowest BCUT2D eigenvalue weighted by Crippen LogP contribution is -2.29. The molecule has 1 aliphatic rings. The van der Waals surface area contributed by atoms with Crippen LogP contribution < -0.4 is 10.1 Å². The Morgan fingerprint density at radius 3 is 3.00 bits per heavy atom. The van der Waals surface area contributed by atoms with Gasteiger partial charge in [0.05, 0.1) is 12.9 Å². The van der Waals surface area contributed by atoms with Crippen molar-refractivity contribution in [1.29, 1.82) is 0 Å². The molecule has 1 atom stereocenters. The summed E-state index contributed by atoms with van der Waals surface area (Å²) in [6, 6.07) is 7.51. The molecule has 30 heavy (non-hydrogen) atoms. The highest BCUT2D eigenvalue weighted by Gasteiger charge is 2.14. The van der Waals surface area contributed by atoms with Gasteiger partial charge in [0.25, 0.3) is 5.91 Å². The lowest BCUT2D eigenvalue weighted by molar-refractivity contribution is -0.117. The normalized spacial score (nSPS) is 15.9. The number of hydrogen-bond acceptors (Lipinski definition) is 6. The molecule has 0 bridgehead atoms. The van der Waals surface area contributed by atoms with Gasteiger partial charge in [0.15, 0.2) is 17.3 Å². The highest BCUT2D eigenvalue weighted by atomic mass is 32.2. The van der Waals surface area contributed by atoms with Gasteiger partial charge in [-0.15, -0.1) is 0 Å². The van der Waals surface area contributed by atoms with Crippen LogP contribution in [0.4, 0.5) is 0 Å². The minimum atomic E-state index is -1.29. The average Bonchev–Trinajstić information content (AvgIpc) is 3.24. The SMILES string of the molecule is O=C(C[S+]([O-])Cc1ccco1)N/C=C\CCOc1cc(CN2CCCCC2)ccn1. The Bertz CT molecular complexity index is 791. The number of carbonyl (C=O) groups excluding carboxylic acids is 1. The summed E-state index contributed by atoms with van der Waals surface area (Å²) < 4.78 is 22.7. The van der Waals surface area contributed by atoms with Gasteiger partial charge in [-0.3, -0.25) is 9.69 Å². The molecule has 3 heterocycles. The van der Waals surface area contributed by atoms with Crippen LogP contribution in [0.2, 0.25) is 0 Å². The maximum Gasteiger partial charge on any atom is 0.273 e. The van der Waals surface area contributed by atoms with Crippen molar-refractivity contribution in [1.82, 2.24) is 15.2 Å². The molecule has 1 fully saturated rings. The van der Waals surface area contributed by atoms with Crippen molar-refractivity contribution in [3.8, 4) is 5.88 Å². The van der Waals surface area contributed by atoms with Crippen LogP contribution in [0, 0.1) is 0 Å². The minimum Gasteiger partial charge on any atom is -0.616 e. The molecular formula is C22H29N3O4S. The number of pyridine rings is 1. The summed E-state index contributed by atoms with van der Waals surface area (Å²) in [6.45, 7) is 3.72. The van der Waals surface area contributed by atoms with Crippen LogP contribution in [0.15, 0.2) is 53.4 Å². The predicted molar refractivity (Wildman–Crippen MR) is 116 cm³/mol. The largest absolute Gasteiger partial charge is 0.616 e. The lowest BCUT2D eigenvalue weighted by atomic mass is 10.1. The summed E-state index contributed by atoms with van der Waals surface area (Å²) in [5.74, 6) is 1.12. The number of ether oxygens (including phenoxy) is 1. The van der Waals surface area contributed by atoms with E-state index in [0.717, 1.165) is 19.6 Å². The summed E-state index contributed by atoms with van der Waals surface area (Å²) in [4.78, 5) is 18.5. The Kier molecular flexibility index (Phi) is 9.27. The van der Waals surface area contributed by atoms with Crippen LogP contribution in [0.1, 0.15) is 37.0 Å². The second-order valence-corrected chi connectivity index (χ2v) is 8.71. The number of furan rings is 1. The molecular weight excluding hydrogens is 402 g/mol. The van der Waals surface area contributed by atoms with E-state index in [0.29, 0.717) is 24.7 Å². The molecule has 0 saturated carbocycles. The zero-order valence-electron chi connectivity index (χ0n) is 17.1. The molecule has 1 aliphatic heterocycles. The average molecular weight is 432 g/mol. The first kappa shape index (κ1) is 22.4. The molecule has 1 N–H and O–H groups in total. The van der Waals surface area contributed by atoms with E-state index < -0.39 is 11.2 Å². The summed E-state index contributed by atoms with van der Waals surface area (Å²) in [5, 5.41) is 2.63. The van der Waals surface area contributed by atoms with Gasteiger partial charge in [-0.05, 0) is 60.9 Å². The van der Waals surface area contributed by atoms with Crippen molar-refractivity contribution >= 4 is 17.1 Å². The van der Waals surface area contributed by atoms with E-state index in [1.165, 1.54) is 31.1 Å². The number of carbonyl (C=O) groups is 1. The summed E-state index contributed by atoms with van der Waals surface area (Å²) in [6.07, 6.45) is 11.2. The third kappa shape index (κ3) is 8.22. The fourth-order valence-electron chi connectivity index (χ4n) is 3.26. The molecule has 2 aromatic rings. The number of rotatable bonds is 11. The summed E-state index contributed by atoms with van der Waals surface area (Å²) in [7, 11) is 0. The molecule has 0 radical (unpaired) electrons. The van der Waals surface area contributed by atoms with Crippen molar-refractivity contribution in [3.05, 3.63) is 60.3 Å². The van der Waals surface area contributed by atoms with E-state index in [1.807, 2.05) is 18.2 Å². The van der Waals surface area contributed by atoms with E-state index in [1.54, 1.807) is 24.5 Å². The Hall–Kier alpha value is -2.29. The topological polar surface area (TPSA) is 90.7 Å². The predicted octanol–water partition coefficient (Wildman–Crippen LogP) is 3.01. The molecule has 2 aromatic heterocycles. The number of nitrogens with zero attached hydrogens (tertiary/aromatic N) is 2. The Labute approximate surface area is 180 Å². The van der Waals surface area contributed by atoms with Crippen molar-refractivity contribution in [2.24, 2.45) is 0 Å². The van der Waals surface area contributed by atoms with Crippen LogP contribution >= 0.6 is 0 Å². The number of aromatic nitrogens is 1. The van der Waals surface area contributed by atoms with Crippen LogP contribution in [-0.4, -0.2) is 45.8 Å². The number of likely N-dealkylation sites (tertiary alicyclic amines) is 1. The standard InChI is InChI=1S/C22H29N3O4S/c26-21(18-30(27)17-20-7-6-14-28-20)23-9-2-5-13-29-22-15-19(8-10-24-22)16-25-11-3-1-4-12-25/h2,6-10,14-15H,1,3-5,11-13,16-18H2,(H,23,26)/b9-2-. The zero-order valence-corrected chi connectivity index (χ0v) is 17.9. The van der Waals surface area contributed by atoms with Gasteiger partial charge in [0, 0.05) is 31.4 Å². The zero-order chi connectivity index (χ0) is 21.0. The Morgan fingerprint density at radius 2 is 2.20 bits per heavy atom. The van der Waals surface area contributed by atoms with Gasteiger partial charge in [-0.25, -0.2) is 4.98 Å². The summed E-state index contributed by atoms with van der Waals surface area (Å²) in [5.41, 5.74) is 1.22. The molecule has 162 valence electrons. The maximum atomic E-state index is 11.9. The molecule has 1 amide bonds. The third-order valence-electron chi connectivity index (χ3n) is 4.73. The minimum absolute atomic E-state index is 0.0602. The van der Waals surface area contributed by atoms with E-state index in [2.05, 4.69) is 15.2 Å². The Morgan fingerprint density at radius 1 is 1.33 bits per heavy atom. The second-order valence-electron chi connectivity index (χ2n) is 7.25. The van der Waals surface area contributed by atoms with Gasteiger partial charge < -0.3 is 19.0 Å². The molecule has 1 unspecified atom stereocenters. The second kappa shape index (κ2) is 12.4. The van der Waals surface area contributed by atoms with E-state index >= 15 is 0 Å². The van der Waals surface area contributed by atoms with Crippen molar-refractivity contribution in [3.63, 3.8) is 0 Å². The first-order valence-electron chi connectivity index (χ1n) is 10.3. The number of nitrogens with one attached hydrogen (secondary N) is 1. The van der Waals surface area contributed by atoms with E-state index in [9.17, 15) is 9.35 Å². The first-order chi connectivity index (χ1) is 14.7. The fourth-order valence-corrected chi connectivity index (χ4v) is 4.22. The monoisotopic (exact) mass is 431 g/mol. The number of amides is 1. The lowest BCUT2D eigenvalue weighted by Gasteiger charge is -2.26. The third-order valence-corrected chi connectivity index (χ3v) is 5.92. The molecule has 3 rings (SSSR count). The number of piperidine rings is 1. The van der Waals surface area contributed by atoms with Gasteiger partial charge in [-0.1, -0.05) is 12.5 Å². The van der Waals surface area contributed by atoms with Crippen molar-refractivity contribution < 1.29 is 18.5 Å². The van der Waals surface area contributed by atoms with Crippen molar-refractivity contribution in [2.45, 2.75) is 38.0 Å². The van der Waals surface area contributed by atoms with Gasteiger partial charge in [0.1, 0.15) is 0 Å². The molecule has 0 aliphatic carbocycles.